The number of hydrogen-bond donors (Lipinski definition) is 1. The third-order valence-electron chi connectivity index (χ3n) is 4.54. The Morgan fingerprint density at radius 3 is 2.74 bits per heavy atom. The molecule has 2 atom stereocenters. The summed E-state index contributed by atoms with van der Waals surface area (Å²) in [6.45, 7) is 3.61. The highest BCUT2D eigenvalue weighted by molar-refractivity contribution is 7.99. The van der Waals surface area contributed by atoms with Crippen LogP contribution in [-0.4, -0.2) is 41.8 Å². The van der Waals surface area contributed by atoms with Crippen LogP contribution in [0, 0.1) is 0 Å². The summed E-state index contributed by atoms with van der Waals surface area (Å²) in [5.74, 6) is 1.34. The highest BCUT2D eigenvalue weighted by atomic mass is 35.5. The Hall–Kier alpha value is -1.86. The average Bonchev–Trinajstić information content (AvgIpc) is 3.18. The Labute approximate surface area is 167 Å². The van der Waals surface area contributed by atoms with Crippen LogP contribution in [0.25, 0.3) is 11.5 Å². The topological polar surface area (TPSA) is 52.6 Å². The Morgan fingerprint density at radius 2 is 1.89 bits per heavy atom. The van der Waals surface area contributed by atoms with Gasteiger partial charge in [0.15, 0.2) is 0 Å². The van der Waals surface area contributed by atoms with Crippen LogP contribution in [0.4, 0.5) is 0 Å². The van der Waals surface area contributed by atoms with Gasteiger partial charge >= 0.3 is 0 Å². The van der Waals surface area contributed by atoms with Crippen LogP contribution < -0.4 is 4.90 Å². The number of aromatic nitrogens is 2. The van der Waals surface area contributed by atoms with E-state index in [1.54, 1.807) is 11.8 Å². The summed E-state index contributed by atoms with van der Waals surface area (Å²) in [7, 11) is 0. The third-order valence-corrected chi connectivity index (χ3v) is 5.86. The second-order valence-electron chi connectivity index (χ2n) is 6.52. The minimum atomic E-state index is 0.160. The quantitative estimate of drug-likeness (QED) is 0.642. The third kappa shape index (κ3) is 4.90. The smallest absolute Gasteiger partial charge is 0.276 e. The first kappa shape index (κ1) is 18.5. The zero-order valence-corrected chi connectivity index (χ0v) is 16.4. The summed E-state index contributed by atoms with van der Waals surface area (Å²) in [4.78, 5) is 1.48. The van der Waals surface area contributed by atoms with Gasteiger partial charge in [-0.2, -0.15) is 0 Å². The van der Waals surface area contributed by atoms with Crippen LogP contribution in [0.3, 0.4) is 0 Å². The van der Waals surface area contributed by atoms with E-state index < -0.39 is 0 Å². The van der Waals surface area contributed by atoms with Gasteiger partial charge in [-0.05, 0) is 18.2 Å². The number of thioether (sulfide) groups is 1. The number of benzene rings is 2. The van der Waals surface area contributed by atoms with E-state index in [-0.39, 0.29) is 6.10 Å². The molecule has 1 fully saturated rings. The van der Waals surface area contributed by atoms with Gasteiger partial charge in [0.05, 0.1) is 6.61 Å². The number of hydrogen-bond acceptors (Lipinski definition) is 5. The summed E-state index contributed by atoms with van der Waals surface area (Å²) in [6.07, 6.45) is 0.160. The number of halogens is 1. The van der Waals surface area contributed by atoms with Crippen molar-refractivity contribution in [2.24, 2.45) is 0 Å². The van der Waals surface area contributed by atoms with Crippen LogP contribution in [-0.2, 0) is 11.3 Å². The van der Waals surface area contributed by atoms with Crippen LogP contribution in [0.5, 0.6) is 0 Å². The first-order valence-corrected chi connectivity index (χ1v) is 10.3. The van der Waals surface area contributed by atoms with Gasteiger partial charge in [0, 0.05) is 21.9 Å². The molecule has 5 nitrogen and oxygen atoms in total. The lowest BCUT2D eigenvalue weighted by molar-refractivity contribution is -0.924. The van der Waals surface area contributed by atoms with Gasteiger partial charge in [0.1, 0.15) is 25.7 Å². The zero-order valence-electron chi connectivity index (χ0n) is 14.8. The van der Waals surface area contributed by atoms with Gasteiger partial charge in [-0.1, -0.05) is 59.8 Å². The van der Waals surface area contributed by atoms with E-state index in [0.29, 0.717) is 11.1 Å². The summed E-state index contributed by atoms with van der Waals surface area (Å²) >= 11 is 7.85. The SMILES string of the molecule is Clc1ccccc1C[NH+]1CCO[C@@H](CSc2nnc(-c3ccccc3)o2)C1. The second kappa shape index (κ2) is 8.89. The summed E-state index contributed by atoms with van der Waals surface area (Å²) in [5.41, 5.74) is 2.12. The number of quaternary nitrogens is 1. The molecule has 27 heavy (non-hydrogen) atoms. The van der Waals surface area contributed by atoms with E-state index in [2.05, 4.69) is 16.3 Å². The molecule has 7 heteroatoms. The van der Waals surface area contributed by atoms with Crippen LogP contribution in [0.1, 0.15) is 5.56 Å². The molecule has 0 radical (unpaired) electrons. The van der Waals surface area contributed by atoms with Crippen molar-refractivity contribution >= 4 is 23.4 Å². The summed E-state index contributed by atoms with van der Waals surface area (Å²) < 4.78 is 11.7. The predicted molar refractivity (Wildman–Crippen MR) is 106 cm³/mol. The maximum absolute atomic E-state index is 6.30. The second-order valence-corrected chi connectivity index (χ2v) is 7.89. The van der Waals surface area contributed by atoms with E-state index in [0.717, 1.165) is 42.6 Å². The molecule has 4 rings (SSSR count). The van der Waals surface area contributed by atoms with E-state index in [4.69, 9.17) is 20.8 Å². The molecule has 1 N–H and O–H groups in total. The number of nitrogens with zero attached hydrogens (tertiary/aromatic N) is 2. The maximum Gasteiger partial charge on any atom is 0.276 e. The van der Waals surface area contributed by atoms with Crippen LogP contribution in [0.2, 0.25) is 5.02 Å². The van der Waals surface area contributed by atoms with Crippen LogP contribution >= 0.6 is 23.4 Å². The number of ether oxygens (including phenoxy) is 1. The molecular weight excluding hydrogens is 382 g/mol. The maximum atomic E-state index is 6.30. The Balaban J connectivity index is 1.31. The van der Waals surface area contributed by atoms with Crippen molar-refractivity contribution in [3.8, 4) is 11.5 Å². The standard InChI is InChI=1S/C20H20ClN3O2S/c21-18-9-5-4-8-16(18)12-24-10-11-25-17(13-24)14-27-20-23-22-19(26-20)15-6-2-1-3-7-15/h1-9,17H,10-14H2/p+1/t17-/m1/s1. The van der Waals surface area contributed by atoms with Crippen molar-refractivity contribution < 1.29 is 14.1 Å². The average molecular weight is 403 g/mol. The first-order chi connectivity index (χ1) is 13.3. The fourth-order valence-corrected chi connectivity index (χ4v) is 4.14. The highest BCUT2D eigenvalue weighted by Gasteiger charge is 2.25. The molecule has 1 saturated heterocycles. The van der Waals surface area contributed by atoms with Gasteiger partial charge in [-0.25, -0.2) is 0 Å². The van der Waals surface area contributed by atoms with Crippen LogP contribution in [0.15, 0.2) is 64.2 Å². The van der Waals surface area contributed by atoms with E-state index in [1.165, 1.54) is 10.5 Å². The normalized spacial score (nSPS) is 19.9. The van der Waals surface area contributed by atoms with Crippen molar-refractivity contribution in [3.63, 3.8) is 0 Å². The molecule has 0 amide bonds. The number of morpholine rings is 1. The molecule has 1 unspecified atom stereocenters. The van der Waals surface area contributed by atoms with Crippen molar-refractivity contribution in [3.05, 3.63) is 65.2 Å². The fourth-order valence-electron chi connectivity index (χ4n) is 3.16. The van der Waals surface area contributed by atoms with E-state index in [9.17, 15) is 0 Å². The summed E-state index contributed by atoms with van der Waals surface area (Å²) in [6, 6.07) is 17.8. The molecule has 3 aromatic rings. The largest absolute Gasteiger partial charge is 0.411 e. The molecule has 0 saturated carbocycles. The zero-order chi connectivity index (χ0) is 18.5. The lowest BCUT2D eigenvalue weighted by Crippen LogP contribution is -3.13. The Kier molecular flexibility index (Phi) is 6.09. The fraction of sp³-hybridized carbons (Fsp3) is 0.300. The predicted octanol–water partition coefficient (Wildman–Crippen LogP) is 2.97. The number of rotatable bonds is 6. The lowest BCUT2D eigenvalue weighted by atomic mass is 10.2. The van der Waals surface area contributed by atoms with Gasteiger partial charge in [0.25, 0.3) is 5.22 Å². The molecule has 0 aliphatic carbocycles. The van der Waals surface area contributed by atoms with Crippen molar-refractivity contribution in [2.45, 2.75) is 17.9 Å². The molecule has 2 aromatic carbocycles. The monoisotopic (exact) mass is 402 g/mol. The summed E-state index contributed by atoms with van der Waals surface area (Å²) in [5, 5.41) is 9.69. The van der Waals surface area contributed by atoms with Gasteiger partial charge in [0.2, 0.25) is 5.89 Å². The van der Waals surface area contributed by atoms with Crippen molar-refractivity contribution in [2.75, 3.05) is 25.4 Å². The van der Waals surface area contributed by atoms with Gasteiger partial charge in [-0.15, -0.1) is 10.2 Å². The van der Waals surface area contributed by atoms with E-state index >= 15 is 0 Å². The van der Waals surface area contributed by atoms with E-state index in [1.807, 2.05) is 48.5 Å². The van der Waals surface area contributed by atoms with Gasteiger partial charge in [-0.3, -0.25) is 0 Å². The molecule has 1 aliphatic rings. The Morgan fingerprint density at radius 1 is 1.07 bits per heavy atom. The molecule has 0 bridgehead atoms. The number of nitrogens with one attached hydrogen (secondary N) is 1. The Bertz CT molecular complexity index is 874. The van der Waals surface area contributed by atoms with Crippen molar-refractivity contribution in [1.82, 2.24) is 10.2 Å². The van der Waals surface area contributed by atoms with Gasteiger partial charge < -0.3 is 14.1 Å². The molecule has 140 valence electrons. The molecule has 0 spiro atoms. The first-order valence-electron chi connectivity index (χ1n) is 8.98. The molecular formula is C20H21ClN3O2S+. The molecule has 1 aliphatic heterocycles. The minimum absolute atomic E-state index is 0.160. The molecule has 2 heterocycles. The molecule has 1 aromatic heterocycles. The lowest BCUT2D eigenvalue weighted by Gasteiger charge is -2.30. The minimum Gasteiger partial charge on any atom is -0.411 e. The van der Waals surface area contributed by atoms with Crippen molar-refractivity contribution in [1.29, 1.82) is 0 Å². The highest BCUT2D eigenvalue weighted by Crippen LogP contribution is 2.23.